The van der Waals surface area contributed by atoms with Crippen LogP contribution in [0.4, 0.5) is 0 Å². The van der Waals surface area contributed by atoms with Crippen molar-refractivity contribution in [3.8, 4) is 0 Å². The van der Waals surface area contributed by atoms with Gasteiger partial charge in [0, 0.05) is 11.0 Å². The fourth-order valence-corrected chi connectivity index (χ4v) is 2.32. The van der Waals surface area contributed by atoms with E-state index in [1.54, 1.807) is 0 Å². The first kappa shape index (κ1) is 11.8. The van der Waals surface area contributed by atoms with Gasteiger partial charge >= 0.3 is 0 Å². The highest BCUT2D eigenvalue weighted by atomic mass is 32.2. The molecule has 0 rings (SSSR count). The van der Waals surface area contributed by atoms with E-state index in [9.17, 15) is 0 Å². The summed E-state index contributed by atoms with van der Waals surface area (Å²) in [6, 6.07) is 0. The van der Waals surface area contributed by atoms with E-state index in [0.717, 1.165) is 12.2 Å². The van der Waals surface area contributed by atoms with Crippen LogP contribution in [0.3, 0.4) is 0 Å². The Morgan fingerprint density at radius 1 is 1.20 bits per heavy atom. The van der Waals surface area contributed by atoms with Crippen molar-refractivity contribution in [3.63, 3.8) is 0 Å². The Morgan fingerprint density at radius 2 is 1.70 bits per heavy atom. The summed E-state index contributed by atoms with van der Waals surface area (Å²) in [5.41, 5.74) is 0. The lowest BCUT2D eigenvalue weighted by atomic mass is 10.2. The van der Waals surface area contributed by atoms with E-state index in [1.165, 1.54) is 0 Å². The van der Waals surface area contributed by atoms with Crippen LogP contribution in [0.1, 0.15) is 6.42 Å². The van der Waals surface area contributed by atoms with Crippen LogP contribution in [0.15, 0.2) is 0 Å². The van der Waals surface area contributed by atoms with Gasteiger partial charge in [0.1, 0.15) is 0 Å². The third-order valence-electron chi connectivity index (χ3n) is 1.19. The molecule has 0 nitrogen and oxygen atoms in total. The van der Waals surface area contributed by atoms with Gasteiger partial charge in [-0.05, 0) is 12.2 Å². The Balaban J connectivity index is 3.82. The maximum absolute atomic E-state index is 4.33. The molecule has 0 aliphatic heterocycles. The zero-order valence-corrected chi connectivity index (χ0v) is 9.91. The molecule has 0 fully saturated rings. The second kappa shape index (κ2) is 5.41. The van der Waals surface area contributed by atoms with E-state index in [2.05, 4.69) is 63.1 Å². The van der Waals surface area contributed by atoms with E-state index >= 15 is 0 Å². The molecule has 0 aliphatic rings. The molecule has 0 aromatic carbocycles. The molecule has 0 aromatic rings. The van der Waals surface area contributed by atoms with Gasteiger partial charge in [0.2, 0.25) is 0 Å². The van der Waals surface area contributed by atoms with Crippen molar-refractivity contribution in [3.05, 3.63) is 0 Å². The zero-order chi connectivity index (χ0) is 8.20. The summed E-state index contributed by atoms with van der Waals surface area (Å²) in [6.45, 7) is 0. The Labute approximate surface area is 90.0 Å². The maximum atomic E-state index is 4.33. The lowest BCUT2D eigenvalue weighted by Crippen LogP contribution is -2.28. The molecule has 1 unspecified atom stereocenters. The predicted octanol–water partition coefficient (Wildman–Crippen LogP) is 2.09. The standard InChI is InChI=1S/C5H12S5/c6-2-1-5(9,10)4(8)3-7/h4,6-10H,1-3H2. The summed E-state index contributed by atoms with van der Waals surface area (Å²) in [5, 5.41) is 0.106. The summed E-state index contributed by atoms with van der Waals surface area (Å²) >= 11 is 21.1. The predicted molar refractivity (Wildman–Crippen MR) is 65.8 cm³/mol. The van der Waals surface area contributed by atoms with Gasteiger partial charge in [-0.2, -0.15) is 63.1 Å². The Bertz CT molecular complexity index is 92.0. The molecule has 0 spiro atoms. The molecule has 0 aromatic heterocycles. The van der Waals surface area contributed by atoms with Crippen molar-refractivity contribution < 1.29 is 0 Å². The topological polar surface area (TPSA) is 0 Å². The second-order valence-electron chi connectivity index (χ2n) is 2.05. The SMILES string of the molecule is SCCC(S)(S)C(S)CS. The van der Waals surface area contributed by atoms with Gasteiger partial charge in [-0.25, -0.2) is 0 Å². The minimum Gasteiger partial charge on any atom is -0.179 e. The normalized spacial score (nSPS) is 15.3. The molecule has 0 saturated carbocycles. The third-order valence-corrected chi connectivity index (χ3v) is 4.16. The average Bonchev–Trinajstić information content (AvgIpc) is 1.86. The first-order valence-electron chi connectivity index (χ1n) is 2.89. The van der Waals surface area contributed by atoms with Crippen LogP contribution in [0, 0.1) is 0 Å². The van der Waals surface area contributed by atoms with Crippen molar-refractivity contribution in [1.82, 2.24) is 0 Å². The van der Waals surface area contributed by atoms with E-state index in [4.69, 9.17) is 0 Å². The monoisotopic (exact) mass is 232 g/mol. The first-order chi connectivity index (χ1) is 4.54. The Morgan fingerprint density at radius 3 is 2.00 bits per heavy atom. The van der Waals surface area contributed by atoms with Crippen molar-refractivity contribution in [1.29, 1.82) is 0 Å². The quantitative estimate of drug-likeness (QED) is 0.356. The van der Waals surface area contributed by atoms with Gasteiger partial charge in [0.15, 0.2) is 0 Å². The Hall–Kier alpha value is 1.75. The summed E-state index contributed by atoms with van der Waals surface area (Å²) < 4.78 is -0.341. The molecule has 0 amide bonds. The minimum absolute atomic E-state index is 0.106. The number of hydrogen-bond acceptors (Lipinski definition) is 5. The van der Waals surface area contributed by atoms with Crippen LogP contribution in [0.25, 0.3) is 0 Å². The van der Waals surface area contributed by atoms with Gasteiger partial charge in [0.25, 0.3) is 0 Å². The first-order valence-corrected chi connectivity index (χ1v) is 5.56. The molecule has 0 bridgehead atoms. The molecular weight excluding hydrogens is 220 g/mol. The molecule has 0 N–H and O–H groups in total. The number of rotatable bonds is 4. The highest BCUT2D eigenvalue weighted by molar-refractivity contribution is 8.02. The van der Waals surface area contributed by atoms with E-state index in [0.29, 0.717) is 5.75 Å². The van der Waals surface area contributed by atoms with E-state index in [-0.39, 0.29) is 9.33 Å². The van der Waals surface area contributed by atoms with Gasteiger partial charge in [-0.15, -0.1) is 0 Å². The van der Waals surface area contributed by atoms with Crippen LogP contribution in [-0.2, 0) is 0 Å². The third kappa shape index (κ3) is 3.95. The molecule has 0 aliphatic carbocycles. The van der Waals surface area contributed by atoms with Crippen molar-refractivity contribution >= 4 is 63.1 Å². The van der Waals surface area contributed by atoms with Gasteiger partial charge in [-0.3, -0.25) is 0 Å². The zero-order valence-electron chi connectivity index (χ0n) is 5.43. The summed E-state index contributed by atoms with van der Waals surface area (Å²) in [4.78, 5) is 0. The molecule has 5 heteroatoms. The number of hydrogen-bond donors (Lipinski definition) is 5. The average molecular weight is 232 g/mol. The maximum Gasteiger partial charge on any atom is 0.0683 e. The summed E-state index contributed by atoms with van der Waals surface area (Å²) in [6.07, 6.45) is 0.830. The highest BCUT2D eigenvalue weighted by Gasteiger charge is 2.26. The molecule has 0 radical (unpaired) electrons. The molecule has 0 saturated heterocycles. The van der Waals surface area contributed by atoms with Crippen molar-refractivity contribution in [2.75, 3.05) is 11.5 Å². The van der Waals surface area contributed by atoms with Crippen LogP contribution in [-0.4, -0.2) is 20.8 Å². The fraction of sp³-hybridized carbons (Fsp3) is 1.00. The lowest BCUT2D eigenvalue weighted by molar-refractivity contribution is 0.785. The molecule has 0 heterocycles. The second-order valence-corrected chi connectivity index (χ2v) is 5.44. The minimum atomic E-state index is -0.341. The van der Waals surface area contributed by atoms with E-state index < -0.39 is 0 Å². The van der Waals surface area contributed by atoms with Gasteiger partial charge in [-0.1, -0.05) is 0 Å². The summed E-state index contributed by atoms with van der Waals surface area (Å²) in [5.74, 6) is 1.46. The summed E-state index contributed by atoms with van der Waals surface area (Å²) in [7, 11) is 0. The van der Waals surface area contributed by atoms with Crippen LogP contribution in [0.2, 0.25) is 0 Å². The van der Waals surface area contributed by atoms with Crippen molar-refractivity contribution in [2.45, 2.75) is 15.7 Å². The Kier molecular flexibility index (Phi) is 6.35. The van der Waals surface area contributed by atoms with Gasteiger partial charge in [0.05, 0.1) is 4.08 Å². The molecule has 1 atom stereocenters. The van der Waals surface area contributed by atoms with Crippen LogP contribution < -0.4 is 0 Å². The smallest absolute Gasteiger partial charge is 0.0683 e. The van der Waals surface area contributed by atoms with Crippen molar-refractivity contribution in [2.24, 2.45) is 0 Å². The molecule has 62 valence electrons. The fourth-order valence-electron chi connectivity index (χ4n) is 0.477. The lowest BCUT2D eigenvalue weighted by Gasteiger charge is -2.26. The number of thiol groups is 5. The molecule has 10 heavy (non-hydrogen) atoms. The molecular formula is C5H12S5. The van der Waals surface area contributed by atoms with Crippen LogP contribution >= 0.6 is 63.1 Å². The van der Waals surface area contributed by atoms with Gasteiger partial charge < -0.3 is 0 Å². The van der Waals surface area contributed by atoms with E-state index in [1.807, 2.05) is 0 Å². The van der Waals surface area contributed by atoms with Crippen LogP contribution in [0.5, 0.6) is 0 Å². The largest absolute Gasteiger partial charge is 0.179 e. The highest BCUT2D eigenvalue weighted by Crippen LogP contribution is 2.32.